The highest BCUT2D eigenvalue weighted by Crippen LogP contribution is 2.23. The number of rotatable bonds is 0. The summed E-state index contributed by atoms with van der Waals surface area (Å²) < 4.78 is 0. The smallest absolute Gasteiger partial charge is 0.00203 e. The zero-order valence-corrected chi connectivity index (χ0v) is 8.74. The maximum Gasteiger partial charge on any atom is -0.00203 e. The molecule has 3 rings (SSSR count). The monoisotopic (exact) mass is 194 g/mol. The average Bonchev–Trinajstić information content (AvgIpc) is 2.48. The maximum absolute atomic E-state index is 2.27. The molecule has 0 atom stereocenters. The van der Waals surface area contributed by atoms with Gasteiger partial charge in [-0.2, -0.15) is 0 Å². The summed E-state index contributed by atoms with van der Waals surface area (Å²) in [4.78, 5) is 0. The Morgan fingerprint density at radius 3 is 1.40 bits per heavy atom. The molecule has 0 unspecified atom stereocenters. The van der Waals surface area contributed by atoms with E-state index in [1.165, 1.54) is 35.1 Å². The first-order valence-electron chi connectivity index (χ1n) is 5.57. The van der Waals surface area contributed by atoms with Crippen LogP contribution in [0.1, 0.15) is 22.3 Å². The van der Waals surface area contributed by atoms with Gasteiger partial charge in [0.05, 0.1) is 0 Å². The summed E-state index contributed by atoms with van der Waals surface area (Å²) in [6, 6.07) is 17.6. The Bertz CT molecular complexity index is 437. The van der Waals surface area contributed by atoms with Crippen molar-refractivity contribution in [2.75, 3.05) is 0 Å². The second-order valence-electron chi connectivity index (χ2n) is 4.21. The molecule has 74 valence electrons. The molecule has 1 aliphatic carbocycles. The van der Waals surface area contributed by atoms with Gasteiger partial charge in [-0.25, -0.2) is 0 Å². The van der Waals surface area contributed by atoms with Crippen LogP contribution in [0.5, 0.6) is 0 Å². The highest BCUT2D eigenvalue weighted by Gasteiger charge is 2.11. The molecule has 1 aliphatic rings. The molecule has 0 nitrogen and oxygen atoms in total. The van der Waals surface area contributed by atoms with Crippen LogP contribution in [0.4, 0.5) is 0 Å². The molecular weight excluding hydrogens is 180 g/mol. The third kappa shape index (κ3) is 1.56. The van der Waals surface area contributed by atoms with Gasteiger partial charge >= 0.3 is 0 Å². The van der Waals surface area contributed by atoms with Crippen molar-refractivity contribution in [3.8, 4) is 0 Å². The van der Waals surface area contributed by atoms with Crippen LogP contribution in [-0.4, -0.2) is 0 Å². The largest absolute Gasteiger partial charge is 0.0620 e. The molecule has 0 bridgehead atoms. The first kappa shape index (κ1) is 8.72. The molecule has 0 N–H and O–H groups in total. The third-order valence-electron chi connectivity index (χ3n) is 3.28. The fraction of sp³-hybridized carbons (Fsp3) is 0.200. The van der Waals surface area contributed by atoms with Crippen molar-refractivity contribution in [1.82, 2.24) is 0 Å². The van der Waals surface area contributed by atoms with E-state index in [9.17, 15) is 0 Å². The van der Waals surface area contributed by atoms with E-state index < -0.39 is 0 Å². The van der Waals surface area contributed by atoms with Gasteiger partial charge in [0, 0.05) is 0 Å². The van der Waals surface area contributed by atoms with Crippen molar-refractivity contribution >= 4 is 0 Å². The van der Waals surface area contributed by atoms with E-state index >= 15 is 0 Å². The van der Waals surface area contributed by atoms with Crippen LogP contribution < -0.4 is 0 Å². The topological polar surface area (TPSA) is 0 Å². The van der Waals surface area contributed by atoms with Crippen LogP contribution in [0, 0.1) is 0 Å². The van der Waals surface area contributed by atoms with Gasteiger partial charge in [0.25, 0.3) is 0 Å². The highest BCUT2D eigenvalue weighted by molar-refractivity contribution is 5.40. The molecule has 0 fully saturated rings. The summed E-state index contributed by atoms with van der Waals surface area (Å²) in [5.41, 5.74) is 6.05. The summed E-state index contributed by atoms with van der Waals surface area (Å²) in [7, 11) is 0. The average molecular weight is 194 g/mol. The van der Waals surface area contributed by atoms with E-state index in [1.54, 1.807) is 0 Å². The molecule has 0 heterocycles. The second-order valence-corrected chi connectivity index (χ2v) is 4.21. The van der Waals surface area contributed by atoms with Crippen LogP contribution in [0.3, 0.4) is 0 Å². The molecular formula is C15H14. The van der Waals surface area contributed by atoms with Gasteiger partial charge in [-0.15, -0.1) is 0 Å². The zero-order valence-electron chi connectivity index (χ0n) is 8.74. The number of hydrogen-bond acceptors (Lipinski definition) is 0. The molecule has 0 saturated heterocycles. The molecule has 0 radical (unpaired) electrons. The lowest BCUT2D eigenvalue weighted by Gasteiger charge is -2.04. The van der Waals surface area contributed by atoms with Crippen molar-refractivity contribution < 1.29 is 0 Å². The molecule has 0 heteroatoms. The van der Waals surface area contributed by atoms with Crippen molar-refractivity contribution in [2.24, 2.45) is 0 Å². The molecule has 0 saturated carbocycles. The highest BCUT2D eigenvalue weighted by atomic mass is 14.2. The quantitative estimate of drug-likeness (QED) is 0.603. The van der Waals surface area contributed by atoms with Gasteiger partial charge in [-0.1, -0.05) is 48.5 Å². The number of benzene rings is 2. The van der Waals surface area contributed by atoms with E-state index in [1.807, 2.05) is 0 Å². The van der Waals surface area contributed by atoms with Crippen LogP contribution >= 0.6 is 0 Å². The van der Waals surface area contributed by atoms with Crippen molar-refractivity contribution in [3.05, 3.63) is 70.8 Å². The molecule has 0 aliphatic heterocycles. The van der Waals surface area contributed by atoms with E-state index in [0.717, 1.165) is 6.42 Å². The fourth-order valence-electron chi connectivity index (χ4n) is 2.42. The van der Waals surface area contributed by atoms with Gasteiger partial charge in [0.1, 0.15) is 0 Å². The summed E-state index contributed by atoms with van der Waals surface area (Å²) in [6.07, 6.45) is 3.48. The molecule has 0 amide bonds. The summed E-state index contributed by atoms with van der Waals surface area (Å²) >= 11 is 0. The Labute approximate surface area is 90.6 Å². The number of fused-ring (bicyclic) bond motifs is 2. The molecule has 2 aromatic carbocycles. The standard InChI is InChI=1S/C15H14/c1-3-7-14-11-15-8-4-2-6-13(15)10-9-12(14)5-1/h1-8H,9-11H2. The van der Waals surface area contributed by atoms with E-state index in [4.69, 9.17) is 0 Å². The summed E-state index contributed by atoms with van der Waals surface area (Å²) in [5, 5.41) is 0. The minimum atomic E-state index is 1.10. The second kappa shape index (κ2) is 3.54. The van der Waals surface area contributed by atoms with Crippen molar-refractivity contribution in [3.63, 3.8) is 0 Å². The third-order valence-corrected chi connectivity index (χ3v) is 3.28. The van der Waals surface area contributed by atoms with Crippen LogP contribution in [0.25, 0.3) is 0 Å². The van der Waals surface area contributed by atoms with E-state index in [-0.39, 0.29) is 0 Å². The molecule has 0 aromatic heterocycles. The Kier molecular flexibility index (Phi) is 2.06. The fourth-order valence-corrected chi connectivity index (χ4v) is 2.42. The SMILES string of the molecule is c1ccc2c(c1)CCc1ccccc1C2. The van der Waals surface area contributed by atoms with E-state index in [2.05, 4.69) is 48.5 Å². The summed E-state index contributed by atoms with van der Waals surface area (Å²) in [6.45, 7) is 0. The Hall–Kier alpha value is -1.56. The maximum atomic E-state index is 2.27. The number of hydrogen-bond donors (Lipinski definition) is 0. The molecule has 2 aromatic rings. The lowest BCUT2D eigenvalue weighted by Crippen LogP contribution is -1.90. The normalized spacial score (nSPS) is 13.9. The zero-order chi connectivity index (χ0) is 10.1. The Morgan fingerprint density at radius 2 is 0.933 bits per heavy atom. The predicted molar refractivity (Wildman–Crippen MR) is 63.1 cm³/mol. The van der Waals surface area contributed by atoms with Gasteiger partial charge in [0.2, 0.25) is 0 Å². The first-order valence-corrected chi connectivity index (χ1v) is 5.57. The molecule has 15 heavy (non-hydrogen) atoms. The van der Waals surface area contributed by atoms with Crippen LogP contribution in [0.2, 0.25) is 0 Å². The number of aryl methyl sites for hydroxylation is 2. The summed E-state index contributed by atoms with van der Waals surface area (Å²) in [5.74, 6) is 0. The van der Waals surface area contributed by atoms with Crippen molar-refractivity contribution in [1.29, 1.82) is 0 Å². The van der Waals surface area contributed by atoms with Gasteiger partial charge in [-0.05, 0) is 41.5 Å². The molecule has 0 spiro atoms. The first-order chi connectivity index (χ1) is 7.43. The van der Waals surface area contributed by atoms with Crippen LogP contribution in [-0.2, 0) is 19.3 Å². The van der Waals surface area contributed by atoms with Gasteiger partial charge in [0.15, 0.2) is 0 Å². The van der Waals surface area contributed by atoms with E-state index in [0.29, 0.717) is 0 Å². The lowest BCUT2D eigenvalue weighted by molar-refractivity contribution is 0.965. The Morgan fingerprint density at radius 1 is 0.533 bits per heavy atom. The minimum absolute atomic E-state index is 1.10. The van der Waals surface area contributed by atoms with Gasteiger partial charge in [-0.3, -0.25) is 0 Å². The minimum Gasteiger partial charge on any atom is -0.0620 e. The lowest BCUT2D eigenvalue weighted by atomic mass is 10.0. The predicted octanol–water partition coefficient (Wildman–Crippen LogP) is 3.38. The Balaban J connectivity index is 2.10. The van der Waals surface area contributed by atoms with Gasteiger partial charge < -0.3 is 0 Å². The van der Waals surface area contributed by atoms with Crippen LogP contribution in [0.15, 0.2) is 48.5 Å². The van der Waals surface area contributed by atoms with Crippen molar-refractivity contribution in [2.45, 2.75) is 19.3 Å².